The minimum Gasteiger partial charge on any atom is -0.383 e. The van der Waals surface area contributed by atoms with Crippen molar-refractivity contribution in [2.24, 2.45) is 5.41 Å². The summed E-state index contributed by atoms with van der Waals surface area (Å²) in [6.45, 7) is 6.59. The van der Waals surface area contributed by atoms with E-state index in [1.165, 1.54) is 0 Å². The lowest BCUT2D eigenvalue weighted by Gasteiger charge is -2.16. The summed E-state index contributed by atoms with van der Waals surface area (Å²) in [5.41, 5.74) is 8.31. The number of hydrogen-bond acceptors (Lipinski definition) is 2. The molecule has 102 valence electrons. The summed E-state index contributed by atoms with van der Waals surface area (Å²) in [7, 11) is 0. The molecule has 19 heavy (non-hydrogen) atoms. The molecular formula is C14H17ClIN3. The van der Waals surface area contributed by atoms with Gasteiger partial charge >= 0.3 is 0 Å². The average molecular weight is 390 g/mol. The van der Waals surface area contributed by atoms with E-state index in [0.29, 0.717) is 10.8 Å². The molecule has 0 amide bonds. The first-order valence-electron chi connectivity index (χ1n) is 6.07. The van der Waals surface area contributed by atoms with Crippen LogP contribution >= 0.6 is 34.2 Å². The van der Waals surface area contributed by atoms with E-state index in [1.807, 2.05) is 24.3 Å². The SMILES string of the molecule is CC(C)(C)Cc1nn(-c2ccc(Cl)cc2)c(N)c1I. The van der Waals surface area contributed by atoms with Crippen LogP contribution in [-0.2, 0) is 6.42 Å². The highest BCUT2D eigenvalue weighted by Gasteiger charge is 2.20. The van der Waals surface area contributed by atoms with Gasteiger partial charge in [-0.25, -0.2) is 4.68 Å². The van der Waals surface area contributed by atoms with E-state index in [1.54, 1.807) is 4.68 Å². The lowest BCUT2D eigenvalue weighted by atomic mass is 9.91. The van der Waals surface area contributed by atoms with Gasteiger partial charge in [-0.05, 0) is 58.7 Å². The number of nitrogens with zero attached hydrogens (tertiary/aromatic N) is 2. The van der Waals surface area contributed by atoms with E-state index in [9.17, 15) is 0 Å². The summed E-state index contributed by atoms with van der Waals surface area (Å²) in [4.78, 5) is 0. The van der Waals surface area contributed by atoms with Crippen molar-refractivity contribution >= 4 is 40.0 Å². The minimum absolute atomic E-state index is 0.186. The highest BCUT2D eigenvalue weighted by molar-refractivity contribution is 14.1. The van der Waals surface area contributed by atoms with Crippen molar-refractivity contribution in [2.75, 3.05) is 5.73 Å². The predicted octanol–water partition coefficient (Wildman–Crippen LogP) is 4.30. The molecule has 1 heterocycles. The van der Waals surface area contributed by atoms with E-state index in [0.717, 1.165) is 21.4 Å². The largest absolute Gasteiger partial charge is 0.383 e. The van der Waals surface area contributed by atoms with Gasteiger partial charge in [0.2, 0.25) is 0 Å². The second kappa shape index (κ2) is 5.32. The number of anilines is 1. The summed E-state index contributed by atoms with van der Waals surface area (Å²) in [6, 6.07) is 7.52. The Kier molecular flexibility index (Phi) is 4.11. The standard InChI is InChI=1S/C14H17ClIN3/c1-14(2,3)8-11-12(16)13(17)19(18-11)10-6-4-9(15)5-7-10/h4-7H,8,17H2,1-3H3. The molecule has 0 aliphatic carbocycles. The van der Waals surface area contributed by atoms with Crippen molar-refractivity contribution in [3.05, 3.63) is 38.6 Å². The molecule has 2 aromatic rings. The number of halogens is 2. The molecule has 0 unspecified atom stereocenters. The predicted molar refractivity (Wildman–Crippen MR) is 88.9 cm³/mol. The van der Waals surface area contributed by atoms with Crippen LogP contribution in [0.15, 0.2) is 24.3 Å². The molecule has 0 aliphatic rings. The monoisotopic (exact) mass is 389 g/mol. The van der Waals surface area contributed by atoms with Crippen LogP contribution in [0.5, 0.6) is 0 Å². The summed E-state index contributed by atoms with van der Waals surface area (Å²) in [5.74, 6) is 0.683. The molecule has 0 fully saturated rings. The van der Waals surface area contributed by atoms with E-state index in [2.05, 4.69) is 48.5 Å². The Morgan fingerprint density at radius 3 is 2.37 bits per heavy atom. The summed E-state index contributed by atoms with van der Waals surface area (Å²) >= 11 is 8.16. The van der Waals surface area contributed by atoms with Gasteiger partial charge in [0.25, 0.3) is 0 Å². The van der Waals surface area contributed by atoms with Gasteiger partial charge in [0.05, 0.1) is 15.0 Å². The Hall–Kier alpha value is -0.750. The molecule has 0 bridgehead atoms. The van der Waals surface area contributed by atoms with Crippen LogP contribution in [0.2, 0.25) is 5.02 Å². The van der Waals surface area contributed by atoms with Crippen LogP contribution in [0.1, 0.15) is 26.5 Å². The summed E-state index contributed by atoms with van der Waals surface area (Å²) in [5, 5.41) is 5.34. The fourth-order valence-electron chi connectivity index (χ4n) is 1.85. The molecular weight excluding hydrogens is 373 g/mol. The van der Waals surface area contributed by atoms with Gasteiger partial charge in [0, 0.05) is 5.02 Å². The van der Waals surface area contributed by atoms with Crippen LogP contribution in [0, 0.1) is 8.99 Å². The molecule has 0 spiro atoms. The highest BCUT2D eigenvalue weighted by atomic mass is 127. The van der Waals surface area contributed by atoms with Crippen LogP contribution < -0.4 is 5.73 Å². The zero-order valence-electron chi connectivity index (χ0n) is 11.2. The molecule has 3 nitrogen and oxygen atoms in total. The van der Waals surface area contributed by atoms with Gasteiger partial charge < -0.3 is 5.73 Å². The molecule has 0 saturated carbocycles. The molecule has 0 saturated heterocycles. The van der Waals surface area contributed by atoms with Crippen molar-refractivity contribution in [2.45, 2.75) is 27.2 Å². The first-order chi connectivity index (χ1) is 8.78. The maximum Gasteiger partial charge on any atom is 0.141 e. The minimum atomic E-state index is 0.186. The van der Waals surface area contributed by atoms with Crippen molar-refractivity contribution < 1.29 is 0 Å². The van der Waals surface area contributed by atoms with Gasteiger partial charge in [-0.15, -0.1) is 0 Å². The highest BCUT2D eigenvalue weighted by Crippen LogP contribution is 2.28. The van der Waals surface area contributed by atoms with Crippen LogP contribution in [0.4, 0.5) is 5.82 Å². The van der Waals surface area contributed by atoms with Gasteiger partial charge in [-0.1, -0.05) is 32.4 Å². The van der Waals surface area contributed by atoms with Crippen molar-refractivity contribution in [1.29, 1.82) is 0 Å². The average Bonchev–Trinajstić information content (AvgIpc) is 2.57. The second-order valence-electron chi connectivity index (χ2n) is 5.77. The zero-order valence-corrected chi connectivity index (χ0v) is 14.2. The van der Waals surface area contributed by atoms with E-state index >= 15 is 0 Å². The van der Waals surface area contributed by atoms with Crippen LogP contribution in [-0.4, -0.2) is 9.78 Å². The number of aromatic nitrogens is 2. The fraction of sp³-hybridized carbons (Fsp3) is 0.357. The Morgan fingerprint density at radius 2 is 1.84 bits per heavy atom. The molecule has 1 aromatic heterocycles. The van der Waals surface area contributed by atoms with Crippen molar-refractivity contribution in [3.63, 3.8) is 0 Å². The fourth-order valence-corrected chi connectivity index (χ4v) is 2.51. The Bertz CT molecular complexity index is 582. The van der Waals surface area contributed by atoms with Crippen LogP contribution in [0.3, 0.4) is 0 Å². The number of benzene rings is 1. The third-order valence-corrected chi connectivity index (χ3v) is 4.12. The number of nitrogens with two attached hydrogens (primary N) is 1. The molecule has 1 aromatic carbocycles. The van der Waals surface area contributed by atoms with Crippen molar-refractivity contribution in [1.82, 2.24) is 9.78 Å². The molecule has 0 atom stereocenters. The lowest BCUT2D eigenvalue weighted by molar-refractivity contribution is 0.404. The third-order valence-electron chi connectivity index (χ3n) is 2.70. The lowest BCUT2D eigenvalue weighted by Crippen LogP contribution is -2.10. The number of hydrogen-bond donors (Lipinski definition) is 1. The molecule has 0 aliphatic heterocycles. The molecule has 2 N–H and O–H groups in total. The quantitative estimate of drug-likeness (QED) is 0.778. The Labute approximate surface area is 132 Å². The number of nitrogen functional groups attached to an aromatic ring is 1. The second-order valence-corrected chi connectivity index (χ2v) is 7.29. The van der Waals surface area contributed by atoms with Gasteiger partial charge in [0.15, 0.2) is 0 Å². The zero-order chi connectivity index (χ0) is 14.2. The van der Waals surface area contributed by atoms with E-state index in [4.69, 9.17) is 17.3 Å². The maximum atomic E-state index is 6.15. The Balaban J connectivity index is 2.43. The third kappa shape index (κ3) is 3.42. The van der Waals surface area contributed by atoms with E-state index in [-0.39, 0.29) is 5.41 Å². The molecule has 2 rings (SSSR count). The smallest absolute Gasteiger partial charge is 0.141 e. The normalized spacial score (nSPS) is 11.8. The number of rotatable bonds is 2. The van der Waals surface area contributed by atoms with Gasteiger partial charge in [0.1, 0.15) is 5.82 Å². The summed E-state index contributed by atoms with van der Waals surface area (Å²) < 4.78 is 2.81. The topological polar surface area (TPSA) is 43.8 Å². The van der Waals surface area contributed by atoms with Crippen molar-refractivity contribution in [3.8, 4) is 5.69 Å². The molecule has 0 radical (unpaired) electrons. The Morgan fingerprint density at radius 1 is 1.26 bits per heavy atom. The molecule has 5 heteroatoms. The first-order valence-corrected chi connectivity index (χ1v) is 7.52. The first kappa shape index (κ1) is 14.7. The summed E-state index contributed by atoms with van der Waals surface area (Å²) in [6.07, 6.45) is 0.899. The maximum absolute atomic E-state index is 6.15. The van der Waals surface area contributed by atoms with Gasteiger partial charge in [-0.2, -0.15) is 5.10 Å². The van der Waals surface area contributed by atoms with E-state index < -0.39 is 0 Å². The van der Waals surface area contributed by atoms with Crippen LogP contribution in [0.25, 0.3) is 5.69 Å². The van der Waals surface area contributed by atoms with Gasteiger partial charge in [-0.3, -0.25) is 0 Å².